The second-order valence-corrected chi connectivity index (χ2v) is 7.95. The summed E-state index contributed by atoms with van der Waals surface area (Å²) in [6, 6.07) is 21.7. The van der Waals surface area contributed by atoms with Crippen molar-refractivity contribution in [1.82, 2.24) is 14.0 Å². The Morgan fingerprint density at radius 3 is 2.52 bits per heavy atom. The largest absolute Gasteiger partial charge is 0.335 e. The van der Waals surface area contributed by atoms with E-state index in [1.807, 2.05) is 0 Å². The topological polar surface area (TPSA) is 22.2 Å². The summed E-state index contributed by atoms with van der Waals surface area (Å²) < 4.78 is 4.74. The Morgan fingerprint density at radius 1 is 0.828 bits per heavy atom. The molecule has 0 atom stereocenters. The molecule has 0 aliphatic carbocycles. The standard InChI is InChI=1S/C26H27N3/c1-2-3-4-8-13-21-17-27-26-16-23-22-14-9-10-15-24(22)29(25(23)19-28(21)26)18-20-11-6-5-7-12-20/h5-7,9-12,14-17,19H,2-4,8,13,18H2,1H3. The van der Waals surface area contributed by atoms with E-state index in [0.717, 1.165) is 18.6 Å². The van der Waals surface area contributed by atoms with Gasteiger partial charge in [-0.05, 0) is 30.5 Å². The summed E-state index contributed by atoms with van der Waals surface area (Å²) in [6.45, 7) is 3.13. The number of pyridine rings is 1. The summed E-state index contributed by atoms with van der Waals surface area (Å²) >= 11 is 0. The molecule has 0 amide bonds. The zero-order valence-electron chi connectivity index (χ0n) is 17.0. The number of hydrogen-bond acceptors (Lipinski definition) is 1. The molecule has 3 aromatic heterocycles. The number of benzene rings is 2. The van der Waals surface area contributed by atoms with Crippen LogP contribution in [0, 0.1) is 0 Å². The van der Waals surface area contributed by atoms with Crippen LogP contribution in [0.1, 0.15) is 43.9 Å². The van der Waals surface area contributed by atoms with E-state index in [1.54, 1.807) is 0 Å². The molecule has 0 aliphatic rings. The molecule has 3 heterocycles. The lowest BCUT2D eigenvalue weighted by Gasteiger charge is -2.09. The monoisotopic (exact) mass is 381 g/mol. The molecule has 0 fully saturated rings. The molecule has 0 saturated carbocycles. The van der Waals surface area contributed by atoms with Crippen molar-refractivity contribution in [1.29, 1.82) is 0 Å². The maximum atomic E-state index is 4.72. The normalized spacial score (nSPS) is 11.8. The van der Waals surface area contributed by atoms with E-state index in [4.69, 9.17) is 4.98 Å². The lowest BCUT2D eigenvalue weighted by Crippen LogP contribution is -2.01. The molecule has 3 nitrogen and oxygen atoms in total. The van der Waals surface area contributed by atoms with Gasteiger partial charge in [0.05, 0.1) is 5.52 Å². The molecule has 3 heteroatoms. The minimum atomic E-state index is 0.872. The maximum absolute atomic E-state index is 4.72. The first kappa shape index (κ1) is 18.0. The van der Waals surface area contributed by atoms with Gasteiger partial charge < -0.3 is 8.97 Å². The summed E-state index contributed by atoms with van der Waals surface area (Å²) in [5, 5.41) is 2.58. The molecule has 0 unspecified atom stereocenters. The van der Waals surface area contributed by atoms with Crippen molar-refractivity contribution in [3.05, 3.63) is 84.3 Å². The minimum Gasteiger partial charge on any atom is -0.335 e. The highest BCUT2D eigenvalue weighted by atomic mass is 15.0. The molecule has 0 aliphatic heterocycles. The van der Waals surface area contributed by atoms with Gasteiger partial charge in [-0.1, -0.05) is 74.7 Å². The van der Waals surface area contributed by atoms with Crippen LogP contribution in [0.15, 0.2) is 73.1 Å². The number of fused-ring (bicyclic) bond motifs is 4. The Balaban J connectivity index is 1.64. The second-order valence-electron chi connectivity index (χ2n) is 7.95. The van der Waals surface area contributed by atoms with Gasteiger partial charge in [-0.15, -0.1) is 0 Å². The van der Waals surface area contributed by atoms with Crippen LogP contribution < -0.4 is 0 Å². The van der Waals surface area contributed by atoms with Crippen LogP contribution in [-0.2, 0) is 13.0 Å². The van der Waals surface area contributed by atoms with Gasteiger partial charge >= 0.3 is 0 Å². The van der Waals surface area contributed by atoms with Crippen LogP contribution in [0.4, 0.5) is 0 Å². The zero-order chi connectivity index (χ0) is 19.6. The predicted octanol–water partition coefficient (Wildman–Crippen LogP) is 6.61. The van der Waals surface area contributed by atoms with Crippen molar-refractivity contribution in [2.45, 2.75) is 45.6 Å². The van der Waals surface area contributed by atoms with Gasteiger partial charge in [0.15, 0.2) is 0 Å². The number of hydrogen-bond donors (Lipinski definition) is 0. The van der Waals surface area contributed by atoms with Crippen molar-refractivity contribution in [2.75, 3.05) is 0 Å². The minimum absolute atomic E-state index is 0.872. The van der Waals surface area contributed by atoms with Gasteiger partial charge in [0, 0.05) is 40.9 Å². The summed E-state index contributed by atoms with van der Waals surface area (Å²) in [5.74, 6) is 0. The van der Waals surface area contributed by atoms with Crippen LogP contribution in [0.2, 0.25) is 0 Å². The number of aromatic nitrogens is 3. The number of rotatable bonds is 7. The van der Waals surface area contributed by atoms with E-state index >= 15 is 0 Å². The summed E-state index contributed by atoms with van der Waals surface area (Å²) in [6.07, 6.45) is 10.6. The third-order valence-electron chi connectivity index (χ3n) is 5.95. The molecule has 0 N–H and O–H groups in total. The molecule has 2 aromatic carbocycles. The molecule has 0 radical (unpaired) electrons. The third-order valence-corrected chi connectivity index (χ3v) is 5.95. The zero-order valence-corrected chi connectivity index (χ0v) is 17.0. The molecule has 5 rings (SSSR count). The van der Waals surface area contributed by atoms with Crippen LogP contribution in [0.25, 0.3) is 27.5 Å². The molecule has 0 saturated heterocycles. The van der Waals surface area contributed by atoms with Gasteiger partial charge in [-0.2, -0.15) is 0 Å². The van der Waals surface area contributed by atoms with Gasteiger partial charge in [0.25, 0.3) is 0 Å². The molecule has 29 heavy (non-hydrogen) atoms. The number of nitrogens with zero attached hydrogens (tertiary/aromatic N) is 3. The van der Waals surface area contributed by atoms with Crippen molar-refractivity contribution < 1.29 is 0 Å². The second kappa shape index (κ2) is 7.75. The Bertz CT molecular complexity index is 1260. The molecule has 0 spiro atoms. The predicted molar refractivity (Wildman–Crippen MR) is 122 cm³/mol. The average molecular weight is 382 g/mol. The highest BCUT2D eigenvalue weighted by molar-refractivity contribution is 6.08. The van der Waals surface area contributed by atoms with Gasteiger partial charge in [0.2, 0.25) is 0 Å². The lowest BCUT2D eigenvalue weighted by molar-refractivity contribution is 0.659. The van der Waals surface area contributed by atoms with Gasteiger partial charge in [-0.25, -0.2) is 4.98 Å². The Hall–Kier alpha value is -3.07. The highest BCUT2D eigenvalue weighted by Gasteiger charge is 2.14. The summed E-state index contributed by atoms with van der Waals surface area (Å²) in [5.41, 5.74) is 6.24. The molecule has 5 aromatic rings. The number of para-hydroxylation sites is 1. The van der Waals surface area contributed by atoms with Crippen molar-refractivity contribution >= 4 is 27.5 Å². The van der Waals surface area contributed by atoms with Crippen LogP contribution in [0.5, 0.6) is 0 Å². The van der Waals surface area contributed by atoms with Crippen LogP contribution in [-0.4, -0.2) is 14.0 Å². The smallest absolute Gasteiger partial charge is 0.137 e. The van der Waals surface area contributed by atoms with Crippen LogP contribution >= 0.6 is 0 Å². The summed E-state index contributed by atoms with van der Waals surface area (Å²) in [7, 11) is 0. The first-order valence-electron chi connectivity index (χ1n) is 10.8. The SMILES string of the molecule is CCCCCCc1cnc2cc3c4ccccc4n(Cc4ccccc4)c3cn12. The van der Waals surface area contributed by atoms with Crippen molar-refractivity contribution in [3.8, 4) is 0 Å². The van der Waals surface area contributed by atoms with Crippen molar-refractivity contribution in [2.24, 2.45) is 0 Å². The van der Waals surface area contributed by atoms with E-state index in [2.05, 4.69) is 88.9 Å². The van der Waals surface area contributed by atoms with Crippen LogP contribution in [0.3, 0.4) is 0 Å². The average Bonchev–Trinajstić information content (AvgIpc) is 3.30. The molecular weight excluding hydrogens is 354 g/mol. The Kier molecular flexibility index (Phi) is 4.81. The van der Waals surface area contributed by atoms with E-state index < -0.39 is 0 Å². The number of imidazole rings is 1. The number of unbranched alkanes of at least 4 members (excludes halogenated alkanes) is 3. The third kappa shape index (κ3) is 3.31. The van der Waals surface area contributed by atoms with E-state index in [0.29, 0.717) is 0 Å². The highest BCUT2D eigenvalue weighted by Crippen LogP contribution is 2.31. The Morgan fingerprint density at radius 2 is 1.66 bits per heavy atom. The Labute approximate surface area is 171 Å². The maximum Gasteiger partial charge on any atom is 0.137 e. The van der Waals surface area contributed by atoms with Gasteiger partial charge in [-0.3, -0.25) is 0 Å². The molecule has 146 valence electrons. The fraction of sp³-hybridized carbons (Fsp3) is 0.269. The summed E-state index contributed by atoms with van der Waals surface area (Å²) in [4.78, 5) is 4.72. The molecular formula is C26H27N3. The van der Waals surface area contributed by atoms with Crippen molar-refractivity contribution in [3.63, 3.8) is 0 Å². The van der Waals surface area contributed by atoms with E-state index in [-0.39, 0.29) is 0 Å². The molecule has 0 bridgehead atoms. The quantitative estimate of drug-likeness (QED) is 0.291. The number of aryl methyl sites for hydroxylation is 1. The van der Waals surface area contributed by atoms with E-state index in [1.165, 1.54) is 58.7 Å². The van der Waals surface area contributed by atoms with Gasteiger partial charge in [0.1, 0.15) is 5.65 Å². The first-order valence-corrected chi connectivity index (χ1v) is 10.8. The fourth-order valence-electron chi connectivity index (χ4n) is 4.41. The first-order chi connectivity index (χ1) is 14.3. The van der Waals surface area contributed by atoms with E-state index in [9.17, 15) is 0 Å². The lowest BCUT2D eigenvalue weighted by atomic mass is 10.1. The fourth-order valence-corrected chi connectivity index (χ4v) is 4.41.